The van der Waals surface area contributed by atoms with Crippen LogP contribution in [0.4, 0.5) is 0 Å². The normalized spacial score (nSPS) is 21.6. The number of hydrogen-bond acceptors (Lipinski definition) is 3. The van der Waals surface area contributed by atoms with Crippen LogP contribution < -0.4 is 5.32 Å². The third kappa shape index (κ3) is 6.21. The number of imidazole rings is 1. The van der Waals surface area contributed by atoms with Crippen molar-refractivity contribution in [3.63, 3.8) is 0 Å². The monoisotopic (exact) mass is 439 g/mol. The summed E-state index contributed by atoms with van der Waals surface area (Å²) in [5, 5.41) is 12.1. The van der Waals surface area contributed by atoms with Crippen molar-refractivity contribution in [2.45, 2.75) is 60.3 Å². The number of fused-ring (bicyclic) bond motifs is 1. The second-order valence-corrected chi connectivity index (χ2v) is 10.5. The van der Waals surface area contributed by atoms with E-state index < -0.39 is 11.4 Å². The van der Waals surface area contributed by atoms with E-state index in [1.807, 2.05) is 32.0 Å². The Morgan fingerprint density at radius 3 is 2.62 bits per heavy atom. The third-order valence-corrected chi connectivity index (χ3v) is 6.77. The van der Waals surface area contributed by atoms with E-state index in [-0.39, 0.29) is 24.7 Å². The summed E-state index contributed by atoms with van der Waals surface area (Å²) in [7, 11) is 0. The average Bonchev–Trinajstić information content (AvgIpc) is 3.08. The molecule has 0 radical (unpaired) electrons. The first kappa shape index (κ1) is 24.0. The van der Waals surface area contributed by atoms with Gasteiger partial charge in [-0.1, -0.05) is 51.5 Å². The summed E-state index contributed by atoms with van der Waals surface area (Å²) in [6, 6.07) is 8.12. The molecule has 1 aromatic heterocycles. The van der Waals surface area contributed by atoms with Crippen molar-refractivity contribution in [1.29, 1.82) is 0 Å². The first-order chi connectivity index (χ1) is 15.0. The lowest BCUT2D eigenvalue weighted by Gasteiger charge is -2.37. The van der Waals surface area contributed by atoms with Gasteiger partial charge < -0.3 is 15.4 Å². The number of rotatable bonds is 9. The van der Waals surface area contributed by atoms with Crippen LogP contribution in [0.3, 0.4) is 0 Å². The number of carbonyl (C=O) groups excluding carboxylic acids is 1. The van der Waals surface area contributed by atoms with Gasteiger partial charge in [-0.3, -0.25) is 9.59 Å². The van der Waals surface area contributed by atoms with E-state index in [4.69, 9.17) is 10.1 Å². The van der Waals surface area contributed by atoms with Gasteiger partial charge in [-0.2, -0.15) is 0 Å². The van der Waals surface area contributed by atoms with Crippen molar-refractivity contribution >= 4 is 22.9 Å². The van der Waals surface area contributed by atoms with E-state index in [2.05, 4.69) is 43.2 Å². The Balaban J connectivity index is 1.64. The lowest BCUT2D eigenvalue weighted by atomic mass is 9.69. The first-order valence-electron chi connectivity index (χ1n) is 11.6. The van der Waals surface area contributed by atoms with Crippen LogP contribution in [0, 0.1) is 29.1 Å². The molecule has 174 valence electrons. The molecule has 0 fully saturated rings. The molecule has 3 atom stereocenters. The van der Waals surface area contributed by atoms with Gasteiger partial charge in [0.05, 0.1) is 17.5 Å². The Morgan fingerprint density at radius 2 is 1.97 bits per heavy atom. The number of para-hydroxylation sites is 2. The molecule has 1 aliphatic rings. The van der Waals surface area contributed by atoms with Crippen LogP contribution in [0.2, 0.25) is 0 Å². The van der Waals surface area contributed by atoms with Crippen molar-refractivity contribution < 1.29 is 14.7 Å². The number of nitrogens with zero attached hydrogens (tertiary/aromatic N) is 1. The van der Waals surface area contributed by atoms with E-state index in [9.17, 15) is 9.59 Å². The molecule has 3 N–H and O–H groups in total. The number of nitrogens with one attached hydrogen (secondary N) is 2. The van der Waals surface area contributed by atoms with Gasteiger partial charge in [-0.25, -0.2) is 4.98 Å². The first-order valence-corrected chi connectivity index (χ1v) is 11.6. The number of H-pyrrole nitrogens is 1. The van der Waals surface area contributed by atoms with Crippen molar-refractivity contribution in [2.24, 2.45) is 29.1 Å². The second kappa shape index (κ2) is 9.88. The van der Waals surface area contributed by atoms with Crippen LogP contribution in [-0.2, 0) is 16.0 Å². The molecule has 0 aliphatic heterocycles. The van der Waals surface area contributed by atoms with Crippen LogP contribution in [0.5, 0.6) is 0 Å². The minimum atomic E-state index is -0.871. The molecular weight excluding hydrogens is 402 g/mol. The molecule has 1 aliphatic carbocycles. The Morgan fingerprint density at radius 1 is 1.25 bits per heavy atom. The van der Waals surface area contributed by atoms with Crippen LogP contribution in [0.25, 0.3) is 11.0 Å². The number of aromatic nitrogens is 2. The SMILES string of the molecule is CC1=C[C@@H](CNC(=O)CC(C)(C)CC(=O)O)[C@H](C(C)C)C[C@H]1Cc1nc2ccccc2[nH]1. The molecule has 0 unspecified atom stereocenters. The summed E-state index contributed by atoms with van der Waals surface area (Å²) in [5.41, 5.74) is 2.88. The quantitative estimate of drug-likeness (QED) is 0.481. The van der Waals surface area contributed by atoms with Gasteiger partial charge in [0, 0.05) is 19.4 Å². The summed E-state index contributed by atoms with van der Waals surface area (Å²) < 4.78 is 0. The third-order valence-electron chi connectivity index (χ3n) is 6.77. The van der Waals surface area contributed by atoms with Crippen LogP contribution in [-0.4, -0.2) is 33.5 Å². The van der Waals surface area contributed by atoms with E-state index in [1.165, 1.54) is 5.57 Å². The van der Waals surface area contributed by atoms with Crippen LogP contribution in [0.1, 0.15) is 59.7 Å². The maximum atomic E-state index is 12.5. The molecule has 0 bridgehead atoms. The fourth-order valence-corrected chi connectivity index (χ4v) is 5.04. The minimum absolute atomic E-state index is 0.0129. The van der Waals surface area contributed by atoms with Crippen molar-refractivity contribution in [3.05, 3.63) is 41.7 Å². The lowest BCUT2D eigenvalue weighted by molar-refractivity contribution is -0.139. The number of hydrogen-bond donors (Lipinski definition) is 3. The number of allylic oxidation sites excluding steroid dienone is 1. The Bertz CT molecular complexity index is 956. The van der Waals surface area contributed by atoms with Gasteiger partial charge in [0.15, 0.2) is 0 Å². The Hall–Kier alpha value is -2.63. The average molecular weight is 440 g/mol. The number of carbonyl (C=O) groups is 2. The molecule has 0 spiro atoms. The number of carboxylic acid groups (broad SMARTS) is 1. The summed E-state index contributed by atoms with van der Waals surface area (Å²) in [6.07, 6.45) is 4.51. The molecular formula is C26H37N3O3. The maximum absolute atomic E-state index is 12.5. The zero-order valence-corrected chi connectivity index (χ0v) is 19.9. The fraction of sp³-hybridized carbons (Fsp3) is 0.577. The van der Waals surface area contributed by atoms with Gasteiger partial charge in [-0.05, 0) is 54.6 Å². The second-order valence-electron chi connectivity index (χ2n) is 10.5. The fourth-order valence-electron chi connectivity index (χ4n) is 5.04. The highest BCUT2D eigenvalue weighted by Gasteiger charge is 2.33. The van der Waals surface area contributed by atoms with Gasteiger partial charge >= 0.3 is 5.97 Å². The number of aromatic amines is 1. The summed E-state index contributed by atoms with van der Waals surface area (Å²) in [5.74, 6) is 1.78. The van der Waals surface area contributed by atoms with Crippen LogP contribution in [0.15, 0.2) is 35.9 Å². The molecule has 32 heavy (non-hydrogen) atoms. The van der Waals surface area contributed by atoms with E-state index in [1.54, 1.807) is 0 Å². The zero-order valence-electron chi connectivity index (χ0n) is 19.9. The lowest BCUT2D eigenvalue weighted by Crippen LogP contribution is -2.38. The summed E-state index contributed by atoms with van der Waals surface area (Å²) >= 11 is 0. The smallest absolute Gasteiger partial charge is 0.303 e. The van der Waals surface area contributed by atoms with Crippen LogP contribution >= 0.6 is 0 Å². The molecule has 1 aromatic carbocycles. The minimum Gasteiger partial charge on any atom is -0.481 e. The Kier molecular flexibility index (Phi) is 7.42. The summed E-state index contributed by atoms with van der Waals surface area (Å²) in [6.45, 7) is 10.9. The molecule has 6 nitrogen and oxygen atoms in total. The zero-order chi connectivity index (χ0) is 23.5. The van der Waals surface area contributed by atoms with Gasteiger partial charge in [-0.15, -0.1) is 0 Å². The Labute approximate surface area is 190 Å². The highest BCUT2D eigenvalue weighted by atomic mass is 16.4. The standard InChI is InChI=1S/C26H37N3O3/c1-16(2)20-11-18(12-23-28-21-8-6-7-9-22(21)29-23)17(3)10-19(20)15-27-24(30)13-26(4,5)14-25(31)32/h6-10,16,18-20H,11-15H2,1-5H3,(H,27,30)(H,28,29)(H,31,32)/t18-,19-,20-/m0/s1. The largest absolute Gasteiger partial charge is 0.481 e. The molecule has 0 saturated heterocycles. The predicted octanol–water partition coefficient (Wildman–Crippen LogP) is 4.97. The van der Waals surface area contributed by atoms with Gasteiger partial charge in [0.25, 0.3) is 0 Å². The molecule has 2 aromatic rings. The van der Waals surface area contributed by atoms with Crippen molar-refractivity contribution in [2.75, 3.05) is 6.54 Å². The number of aliphatic carboxylic acids is 1. The van der Waals surface area contributed by atoms with E-state index >= 15 is 0 Å². The molecule has 6 heteroatoms. The number of amides is 1. The molecule has 0 saturated carbocycles. The molecule has 1 heterocycles. The summed E-state index contributed by atoms with van der Waals surface area (Å²) in [4.78, 5) is 31.7. The molecule has 3 rings (SSSR count). The molecule has 1 amide bonds. The van der Waals surface area contributed by atoms with Crippen molar-refractivity contribution in [1.82, 2.24) is 15.3 Å². The predicted molar refractivity (Wildman–Crippen MR) is 127 cm³/mol. The maximum Gasteiger partial charge on any atom is 0.303 e. The van der Waals surface area contributed by atoms with Gasteiger partial charge in [0.1, 0.15) is 5.82 Å². The van der Waals surface area contributed by atoms with Gasteiger partial charge in [0.2, 0.25) is 5.91 Å². The van der Waals surface area contributed by atoms with Crippen molar-refractivity contribution in [3.8, 4) is 0 Å². The number of carboxylic acids is 1. The highest BCUT2D eigenvalue weighted by molar-refractivity contribution is 5.78. The van der Waals surface area contributed by atoms with E-state index in [0.29, 0.717) is 24.3 Å². The number of benzene rings is 1. The van der Waals surface area contributed by atoms with E-state index in [0.717, 1.165) is 29.7 Å². The highest BCUT2D eigenvalue weighted by Crippen LogP contribution is 2.38. The topological polar surface area (TPSA) is 95.1 Å².